The number of likely N-dealkylation sites (N-methyl/N-ethyl adjacent to an activating group) is 1. The van der Waals surface area contributed by atoms with Gasteiger partial charge in [0.15, 0.2) is 0 Å². The van der Waals surface area contributed by atoms with Gasteiger partial charge in [-0.2, -0.15) is 0 Å². The summed E-state index contributed by atoms with van der Waals surface area (Å²) in [5, 5.41) is 9.14. The number of rotatable bonds is 5. The van der Waals surface area contributed by atoms with Crippen LogP contribution >= 0.6 is 0 Å². The Hall–Kier alpha value is -1.75. The van der Waals surface area contributed by atoms with E-state index in [2.05, 4.69) is 0 Å². The Morgan fingerprint density at radius 2 is 2.24 bits per heavy atom. The minimum Gasteiger partial charge on any atom is -0.478 e. The van der Waals surface area contributed by atoms with Crippen LogP contribution in [0.4, 0.5) is 11.4 Å². The molecule has 0 spiro atoms. The Morgan fingerprint density at radius 1 is 1.59 bits per heavy atom. The molecule has 0 aliphatic carbocycles. The first-order chi connectivity index (χ1) is 7.97. The molecule has 0 aliphatic rings. The molecule has 1 aromatic rings. The van der Waals surface area contributed by atoms with Crippen LogP contribution < -0.4 is 10.6 Å². The summed E-state index contributed by atoms with van der Waals surface area (Å²) in [6, 6.07) is 4.96. The fourth-order valence-electron chi connectivity index (χ4n) is 1.62. The molecule has 1 unspecified atom stereocenters. The van der Waals surface area contributed by atoms with Crippen molar-refractivity contribution in [1.29, 1.82) is 0 Å². The topological polar surface area (TPSA) is 75.8 Å². The van der Waals surface area contributed by atoms with E-state index in [0.717, 1.165) is 0 Å². The lowest BCUT2D eigenvalue weighted by molar-refractivity contribution is 0.0697. The van der Waals surface area contributed by atoms with Gasteiger partial charge >= 0.3 is 5.97 Å². The smallest absolute Gasteiger partial charge is 0.337 e. The summed E-state index contributed by atoms with van der Waals surface area (Å²) >= 11 is 0. The molecule has 0 fully saturated rings. The first-order valence-electron chi connectivity index (χ1n) is 5.32. The minimum atomic E-state index is -0.983. The Kier molecular flexibility index (Phi) is 4.34. The molecule has 0 saturated heterocycles. The summed E-state index contributed by atoms with van der Waals surface area (Å²) < 4.78 is 5.06. The molecule has 0 aromatic heterocycles. The number of carboxylic acid groups (broad SMARTS) is 1. The maximum absolute atomic E-state index is 11.1. The number of hydrogen-bond acceptors (Lipinski definition) is 4. The largest absolute Gasteiger partial charge is 0.478 e. The molecule has 5 heteroatoms. The van der Waals surface area contributed by atoms with E-state index in [-0.39, 0.29) is 11.6 Å². The second-order valence-corrected chi connectivity index (χ2v) is 4.00. The zero-order chi connectivity index (χ0) is 13.0. The average molecular weight is 238 g/mol. The number of nitrogens with zero attached hydrogens (tertiary/aromatic N) is 1. The van der Waals surface area contributed by atoms with Crippen molar-refractivity contribution in [1.82, 2.24) is 0 Å². The van der Waals surface area contributed by atoms with E-state index in [0.29, 0.717) is 18.0 Å². The van der Waals surface area contributed by atoms with E-state index >= 15 is 0 Å². The number of carbonyl (C=O) groups is 1. The summed E-state index contributed by atoms with van der Waals surface area (Å²) in [6.45, 7) is 2.49. The quantitative estimate of drug-likeness (QED) is 0.759. The van der Waals surface area contributed by atoms with Crippen molar-refractivity contribution in [2.45, 2.75) is 13.0 Å². The third-order valence-corrected chi connectivity index (χ3v) is 2.70. The SMILES string of the molecule is COCC(C)N(C)c1ccc(N)cc1C(=O)O. The number of methoxy groups -OCH3 is 1. The van der Waals surface area contributed by atoms with Gasteiger partial charge in [0, 0.05) is 25.9 Å². The van der Waals surface area contributed by atoms with Crippen LogP contribution in [0.2, 0.25) is 0 Å². The Bertz CT molecular complexity index is 407. The third kappa shape index (κ3) is 3.10. The Balaban J connectivity index is 3.08. The van der Waals surface area contributed by atoms with Gasteiger partial charge in [-0.1, -0.05) is 0 Å². The molecule has 1 rings (SSSR count). The molecule has 3 N–H and O–H groups in total. The van der Waals surface area contributed by atoms with E-state index in [1.807, 2.05) is 18.9 Å². The highest BCUT2D eigenvalue weighted by Gasteiger charge is 2.17. The molecule has 0 amide bonds. The second-order valence-electron chi connectivity index (χ2n) is 4.00. The molecule has 0 aliphatic heterocycles. The predicted molar refractivity (Wildman–Crippen MR) is 67.6 cm³/mol. The van der Waals surface area contributed by atoms with Crippen LogP contribution in [0.15, 0.2) is 18.2 Å². The molecule has 0 bridgehead atoms. The lowest BCUT2D eigenvalue weighted by Crippen LogP contribution is -2.33. The summed E-state index contributed by atoms with van der Waals surface area (Å²) in [5.41, 5.74) is 6.88. The van der Waals surface area contributed by atoms with E-state index in [1.54, 1.807) is 19.2 Å². The maximum atomic E-state index is 11.1. The predicted octanol–water partition coefficient (Wildman–Crippen LogP) is 1.44. The summed E-state index contributed by atoms with van der Waals surface area (Å²) in [5.74, 6) is -0.983. The normalized spacial score (nSPS) is 12.2. The molecule has 0 saturated carbocycles. The van der Waals surface area contributed by atoms with Gasteiger partial charge in [0.05, 0.1) is 17.9 Å². The number of ether oxygens (including phenoxy) is 1. The highest BCUT2D eigenvalue weighted by Crippen LogP contribution is 2.23. The van der Waals surface area contributed by atoms with Crippen LogP contribution in [0.5, 0.6) is 0 Å². The van der Waals surface area contributed by atoms with Crippen molar-refractivity contribution < 1.29 is 14.6 Å². The van der Waals surface area contributed by atoms with Crippen molar-refractivity contribution in [2.75, 3.05) is 31.4 Å². The van der Waals surface area contributed by atoms with Gasteiger partial charge in [-0.3, -0.25) is 0 Å². The molecular formula is C12H18N2O3. The molecule has 5 nitrogen and oxygen atoms in total. The van der Waals surface area contributed by atoms with E-state index < -0.39 is 5.97 Å². The highest BCUT2D eigenvalue weighted by molar-refractivity contribution is 5.95. The van der Waals surface area contributed by atoms with Crippen molar-refractivity contribution in [2.24, 2.45) is 0 Å². The molecular weight excluding hydrogens is 220 g/mol. The number of benzene rings is 1. The van der Waals surface area contributed by atoms with E-state index in [9.17, 15) is 4.79 Å². The highest BCUT2D eigenvalue weighted by atomic mass is 16.5. The number of anilines is 2. The molecule has 94 valence electrons. The molecule has 17 heavy (non-hydrogen) atoms. The van der Waals surface area contributed by atoms with Crippen LogP contribution in [-0.2, 0) is 4.74 Å². The zero-order valence-corrected chi connectivity index (χ0v) is 10.3. The second kappa shape index (κ2) is 5.54. The number of nitrogen functional groups attached to an aromatic ring is 1. The van der Waals surface area contributed by atoms with Gasteiger partial charge in [0.1, 0.15) is 0 Å². The minimum absolute atomic E-state index is 0.0849. The first-order valence-corrected chi connectivity index (χ1v) is 5.32. The van der Waals surface area contributed by atoms with Gasteiger partial charge in [-0.25, -0.2) is 4.79 Å². The Morgan fingerprint density at radius 3 is 2.76 bits per heavy atom. The standard InChI is InChI=1S/C12H18N2O3/c1-8(7-17-3)14(2)11-5-4-9(13)6-10(11)12(15)16/h4-6,8H,7,13H2,1-3H3,(H,15,16). The Labute approximate surface area is 101 Å². The van der Waals surface area contributed by atoms with Crippen molar-refractivity contribution in [3.63, 3.8) is 0 Å². The van der Waals surface area contributed by atoms with Crippen molar-refractivity contribution in [3.8, 4) is 0 Å². The average Bonchev–Trinajstić information content (AvgIpc) is 2.28. The summed E-state index contributed by atoms with van der Waals surface area (Å²) in [7, 11) is 3.45. The summed E-state index contributed by atoms with van der Waals surface area (Å²) in [6.07, 6.45) is 0. The van der Waals surface area contributed by atoms with Crippen LogP contribution in [-0.4, -0.2) is 37.9 Å². The van der Waals surface area contributed by atoms with Gasteiger partial charge in [-0.15, -0.1) is 0 Å². The van der Waals surface area contributed by atoms with Gasteiger partial charge in [0.25, 0.3) is 0 Å². The molecule has 1 aromatic carbocycles. The molecule has 0 heterocycles. The number of nitrogens with two attached hydrogens (primary N) is 1. The van der Waals surface area contributed by atoms with Crippen LogP contribution in [0.25, 0.3) is 0 Å². The monoisotopic (exact) mass is 238 g/mol. The number of hydrogen-bond donors (Lipinski definition) is 2. The summed E-state index contributed by atoms with van der Waals surface area (Å²) in [4.78, 5) is 13.0. The van der Waals surface area contributed by atoms with Crippen molar-refractivity contribution in [3.05, 3.63) is 23.8 Å². The lowest BCUT2D eigenvalue weighted by atomic mass is 10.1. The zero-order valence-electron chi connectivity index (χ0n) is 10.3. The fourth-order valence-corrected chi connectivity index (χ4v) is 1.62. The lowest BCUT2D eigenvalue weighted by Gasteiger charge is -2.27. The van der Waals surface area contributed by atoms with Gasteiger partial charge < -0.3 is 20.5 Å². The maximum Gasteiger partial charge on any atom is 0.337 e. The molecule has 1 atom stereocenters. The van der Waals surface area contributed by atoms with Gasteiger partial charge in [0.2, 0.25) is 0 Å². The van der Waals surface area contributed by atoms with Gasteiger partial charge in [-0.05, 0) is 25.1 Å². The van der Waals surface area contributed by atoms with E-state index in [4.69, 9.17) is 15.6 Å². The molecule has 0 radical (unpaired) electrons. The van der Waals surface area contributed by atoms with Crippen LogP contribution in [0, 0.1) is 0 Å². The van der Waals surface area contributed by atoms with E-state index in [1.165, 1.54) is 6.07 Å². The van der Waals surface area contributed by atoms with Crippen LogP contribution in [0.1, 0.15) is 17.3 Å². The van der Waals surface area contributed by atoms with Crippen LogP contribution in [0.3, 0.4) is 0 Å². The fraction of sp³-hybridized carbons (Fsp3) is 0.417. The third-order valence-electron chi connectivity index (χ3n) is 2.70. The number of carboxylic acids is 1. The van der Waals surface area contributed by atoms with Crippen molar-refractivity contribution >= 4 is 17.3 Å². The number of aromatic carboxylic acids is 1. The first kappa shape index (κ1) is 13.3.